The highest BCUT2D eigenvalue weighted by atomic mass is 19.1. The van der Waals surface area contributed by atoms with Gasteiger partial charge in [-0.3, -0.25) is 0 Å². The van der Waals surface area contributed by atoms with E-state index >= 15 is 0 Å². The third-order valence-corrected chi connectivity index (χ3v) is 3.51. The molecule has 0 amide bonds. The van der Waals surface area contributed by atoms with E-state index in [2.05, 4.69) is 16.0 Å². The van der Waals surface area contributed by atoms with Gasteiger partial charge in [-0.15, -0.1) is 0 Å². The Morgan fingerprint density at radius 1 is 1.25 bits per heavy atom. The van der Waals surface area contributed by atoms with Crippen LogP contribution in [0.5, 0.6) is 0 Å². The van der Waals surface area contributed by atoms with Crippen molar-refractivity contribution in [3.05, 3.63) is 59.7 Å². The van der Waals surface area contributed by atoms with Crippen molar-refractivity contribution in [3.8, 4) is 0 Å². The zero-order valence-corrected chi connectivity index (χ0v) is 11.9. The van der Waals surface area contributed by atoms with E-state index in [1.807, 2.05) is 26.2 Å². The van der Waals surface area contributed by atoms with E-state index in [-0.39, 0.29) is 11.9 Å². The number of aryl methyl sites for hydroxylation is 1. The van der Waals surface area contributed by atoms with Crippen LogP contribution in [0.25, 0.3) is 0 Å². The maximum Gasteiger partial charge on any atom is 0.123 e. The van der Waals surface area contributed by atoms with Gasteiger partial charge in [0.05, 0.1) is 6.10 Å². The van der Waals surface area contributed by atoms with Crippen LogP contribution < -0.4 is 5.32 Å². The van der Waals surface area contributed by atoms with Gasteiger partial charge in [0, 0.05) is 31.5 Å². The quantitative estimate of drug-likeness (QED) is 0.851. The van der Waals surface area contributed by atoms with Crippen LogP contribution in [0.1, 0.15) is 30.7 Å². The van der Waals surface area contributed by atoms with Gasteiger partial charge in [-0.2, -0.15) is 0 Å². The van der Waals surface area contributed by atoms with Gasteiger partial charge in [0.2, 0.25) is 0 Å². The normalized spacial score (nSPS) is 14.2. The molecule has 2 rings (SSSR count). The Bertz CT molecular complexity index is 536. The summed E-state index contributed by atoms with van der Waals surface area (Å²) in [4.78, 5) is 0. The third kappa shape index (κ3) is 3.92. The van der Waals surface area contributed by atoms with Crippen molar-refractivity contribution in [2.45, 2.75) is 32.0 Å². The van der Waals surface area contributed by atoms with Crippen LogP contribution in [0.4, 0.5) is 4.39 Å². The molecule has 3 nitrogen and oxygen atoms in total. The van der Waals surface area contributed by atoms with Crippen LogP contribution in [0.15, 0.2) is 42.6 Å². The summed E-state index contributed by atoms with van der Waals surface area (Å²) in [6, 6.07) is 10.3. The lowest BCUT2D eigenvalue weighted by molar-refractivity contribution is 0.153. The molecule has 108 valence electrons. The molecule has 2 N–H and O–H groups in total. The molecule has 1 aromatic carbocycles. The smallest absolute Gasteiger partial charge is 0.123 e. The molecule has 0 aliphatic rings. The summed E-state index contributed by atoms with van der Waals surface area (Å²) >= 11 is 0. The number of rotatable bonds is 6. The minimum atomic E-state index is -0.577. The van der Waals surface area contributed by atoms with Gasteiger partial charge >= 0.3 is 0 Å². The lowest BCUT2D eigenvalue weighted by Gasteiger charge is -2.18. The molecule has 0 spiro atoms. The summed E-state index contributed by atoms with van der Waals surface area (Å²) in [6.45, 7) is 2.80. The second-order valence-corrected chi connectivity index (χ2v) is 5.20. The molecular formula is C16H21FN2O. The van der Waals surface area contributed by atoms with Crippen LogP contribution in [0.3, 0.4) is 0 Å². The summed E-state index contributed by atoms with van der Waals surface area (Å²) in [7, 11) is 2.01. The minimum absolute atomic E-state index is 0.171. The number of aromatic nitrogens is 1. The van der Waals surface area contributed by atoms with E-state index in [1.54, 1.807) is 12.1 Å². The van der Waals surface area contributed by atoms with Crippen molar-refractivity contribution >= 4 is 0 Å². The third-order valence-electron chi connectivity index (χ3n) is 3.51. The predicted molar refractivity (Wildman–Crippen MR) is 77.7 cm³/mol. The number of aliphatic hydroxyl groups excluding tert-OH is 1. The molecule has 2 aromatic rings. The number of nitrogens with zero attached hydrogens (tertiary/aromatic N) is 1. The van der Waals surface area contributed by atoms with E-state index in [0.29, 0.717) is 6.42 Å². The average molecular weight is 276 g/mol. The molecule has 0 saturated carbocycles. The molecule has 0 fully saturated rings. The Morgan fingerprint density at radius 2 is 1.95 bits per heavy atom. The van der Waals surface area contributed by atoms with Gasteiger partial charge < -0.3 is 15.0 Å². The molecule has 2 atom stereocenters. The molecule has 0 aliphatic heterocycles. The molecule has 0 aliphatic carbocycles. The predicted octanol–water partition coefficient (Wildman–Crippen LogP) is 2.77. The van der Waals surface area contributed by atoms with Crippen molar-refractivity contribution in [1.29, 1.82) is 0 Å². The van der Waals surface area contributed by atoms with Gasteiger partial charge in [-0.1, -0.05) is 12.1 Å². The standard InChI is InChI=1S/C16H21FN2O/c1-12(18-11-15-4-3-9-19(15)2)10-16(20)13-5-7-14(17)8-6-13/h3-9,12,16,18,20H,10-11H2,1-2H3/t12-,16-/m1/s1. The summed E-state index contributed by atoms with van der Waals surface area (Å²) < 4.78 is 14.9. The van der Waals surface area contributed by atoms with Gasteiger partial charge in [-0.25, -0.2) is 4.39 Å². The average Bonchev–Trinajstić information content (AvgIpc) is 2.82. The van der Waals surface area contributed by atoms with Crippen molar-refractivity contribution in [2.24, 2.45) is 7.05 Å². The molecule has 0 unspecified atom stereocenters. The molecule has 4 heteroatoms. The Hall–Kier alpha value is -1.65. The van der Waals surface area contributed by atoms with E-state index < -0.39 is 6.10 Å². The van der Waals surface area contributed by atoms with Gasteiger partial charge in [-0.05, 0) is 43.2 Å². The number of nitrogens with one attached hydrogen (secondary N) is 1. The highest BCUT2D eigenvalue weighted by Crippen LogP contribution is 2.18. The SMILES string of the molecule is C[C@H](C[C@@H](O)c1ccc(F)cc1)NCc1cccn1C. The Labute approximate surface area is 119 Å². The first kappa shape index (κ1) is 14.8. The topological polar surface area (TPSA) is 37.2 Å². The van der Waals surface area contributed by atoms with E-state index in [1.165, 1.54) is 17.8 Å². The molecule has 1 aromatic heterocycles. The minimum Gasteiger partial charge on any atom is -0.388 e. The van der Waals surface area contributed by atoms with Crippen LogP contribution in [-0.4, -0.2) is 15.7 Å². The molecule has 1 heterocycles. The van der Waals surface area contributed by atoms with Crippen molar-refractivity contribution < 1.29 is 9.50 Å². The molecule has 0 bridgehead atoms. The highest BCUT2D eigenvalue weighted by molar-refractivity contribution is 5.18. The van der Waals surface area contributed by atoms with Crippen LogP contribution in [-0.2, 0) is 13.6 Å². The first-order valence-corrected chi connectivity index (χ1v) is 6.83. The molecule has 20 heavy (non-hydrogen) atoms. The second kappa shape index (κ2) is 6.68. The molecule has 0 saturated heterocycles. The lowest BCUT2D eigenvalue weighted by atomic mass is 10.0. The Kier molecular flexibility index (Phi) is 4.93. The number of aliphatic hydroxyl groups is 1. The van der Waals surface area contributed by atoms with Crippen LogP contribution in [0.2, 0.25) is 0 Å². The lowest BCUT2D eigenvalue weighted by Crippen LogP contribution is -2.28. The number of hydrogen-bond donors (Lipinski definition) is 2. The van der Waals surface area contributed by atoms with E-state index in [9.17, 15) is 9.50 Å². The Morgan fingerprint density at radius 3 is 2.55 bits per heavy atom. The van der Waals surface area contributed by atoms with Gasteiger partial charge in [0.15, 0.2) is 0 Å². The number of halogens is 1. The maximum absolute atomic E-state index is 12.8. The van der Waals surface area contributed by atoms with Crippen LogP contribution >= 0.6 is 0 Å². The summed E-state index contributed by atoms with van der Waals surface area (Å²) in [5.74, 6) is -0.282. The Balaban J connectivity index is 1.83. The van der Waals surface area contributed by atoms with Crippen LogP contribution in [0, 0.1) is 5.82 Å². The second-order valence-electron chi connectivity index (χ2n) is 5.20. The fourth-order valence-corrected chi connectivity index (χ4v) is 2.20. The van der Waals surface area contributed by atoms with Crippen molar-refractivity contribution in [1.82, 2.24) is 9.88 Å². The van der Waals surface area contributed by atoms with Gasteiger partial charge in [0.25, 0.3) is 0 Å². The zero-order chi connectivity index (χ0) is 14.5. The monoisotopic (exact) mass is 276 g/mol. The fraction of sp³-hybridized carbons (Fsp3) is 0.375. The molecule has 0 radical (unpaired) electrons. The van der Waals surface area contributed by atoms with E-state index in [0.717, 1.165) is 12.1 Å². The highest BCUT2D eigenvalue weighted by Gasteiger charge is 2.12. The van der Waals surface area contributed by atoms with Crippen molar-refractivity contribution in [3.63, 3.8) is 0 Å². The summed E-state index contributed by atoms with van der Waals surface area (Å²) in [5, 5.41) is 13.5. The number of hydrogen-bond acceptors (Lipinski definition) is 2. The van der Waals surface area contributed by atoms with E-state index in [4.69, 9.17) is 0 Å². The summed E-state index contributed by atoms with van der Waals surface area (Å²) in [5.41, 5.74) is 1.95. The van der Waals surface area contributed by atoms with Gasteiger partial charge in [0.1, 0.15) is 5.82 Å². The largest absolute Gasteiger partial charge is 0.388 e. The maximum atomic E-state index is 12.8. The van der Waals surface area contributed by atoms with Crippen molar-refractivity contribution in [2.75, 3.05) is 0 Å². The molecular weight excluding hydrogens is 255 g/mol. The number of benzene rings is 1. The zero-order valence-electron chi connectivity index (χ0n) is 11.9. The first-order valence-electron chi connectivity index (χ1n) is 6.83. The fourth-order valence-electron chi connectivity index (χ4n) is 2.20. The summed E-state index contributed by atoms with van der Waals surface area (Å²) in [6.07, 6.45) is 2.02. The first-order chi connectivity index (χ1) is 9.56.